The van der Waals surface area contributed by atoms with Crippen molar-refractivity contribution in [1.29, 1.82) is 0 Å². The molecule has 2 heterocycles. The molecule has 142 valence electrons. The summed E-state index contributed by atoms with van der Waals surface area (Å²) < 4.78 is 5.27. The third-order valence-electron chi connectivity index (χ3n) is 4.27. The second kappa shape index (κ2) is 9.02. The lowest BCUT2D eigenvalue weighted by Gasteiger charge is -2.25. The molecule has 1 aromatic carbocycles. The maximum Gasteiger partial charge on any atom is 0.317 e. The number of amides is 2. The van der Waals surface area contributed by atoms with E-state index >= 15 is 0 Å². The van der Waals surface area contributed by atoms with E-state index in [1.165, 1.54) is 0 Å². The van der Waals surface area contributed by atoms with Crippen LogP contribution in [-0.4, -0.2) is 47.9 Å². The van der Waals surface area contributed by atoms with E-state index in [2.05, 4.69) is 15.5 Å². The van der Waals surface area contributed by atoms with Crippen LogP contribution in [0.4, 0.5) is 4.79 Å². The Balaban J connectivity index is 1.66. The first kappa shape index (κ1) is 18.7. The maximum absolute atomic E-state index is 12.5. The van der Waals surface area contributed by atoms with Gasteiger partial charge in [0.15, 0.2) is 6.10 Å². The summed E-state index contributed by atoms with van der Waals surface area (Å²) in [6, 6.07) is 11.4. The van der Waals surface area contributed by atoms with Gasteiger partial charge in [-0.25, -0.2) is 4.79 Å². The van der Waals surface area contributed by atoms with Gasteiger partial charge in [0.05, 0.1) is 19.4 Å². The zero-order chi connectivity index (χ0) is 19.1. The average molecular weight is 368 g/mol. The van der Waals surface area contributed by atoms with Gasteiger partial charge in [0.25, 0.3) is 0 Å². The minimum absolute atomic E-state index is 0.126. The first-order valence-electron chi connectivity index (χ1n) is 8.98. The van der Waals surface area contributed by atoms with Crippen LogP contribution in [0.15, 0.2) is 53.9 Å². The fourth-order valence-electron chi connectivity index (χ4n) is 2.95. The van der Waals surface area contributed by atoms with Crippen molar-refractivity contribution in [3.63, 3.8) is 0 Å². The standard InChI is InChI=1S/C20H24N4O3/c1-3-22-20(25)24(13-15-6-4-8-17(10-15)26-2)14-18-11-19(23-27-18)16-7-5-9-21-12-16/h4-10,12,18H,3,11,13-14H2,1-2H3,(H,22,25). The summed E-state index contributed by atoms with van der Waals surface area (Å²) in [5.41, 5.74) is 2.79. The maximum atomic E-state index is 12.5. The van der Waals surface area contributed by atoms with Gasteiger partial charge in [-0.3, -0.25) is 4.98 Å². The number of carbonyl (C=O) groups is 1. The summed E-state index contributed by atoms with van der Waals surface area (Å²) in [6.07, 6.45) is 3.94. The van der Waals surface area contributed by atoms with Crippen LogP contribution in [0.25, 0.3) is 0 Å². The lowest BCUT2D eigenvalue weighted by atomic mass is 10.1. The number of rotatable bonds is 7. The summed E-state index contributed by atoms with van der Waals surface area (Å²) >= 11 is 0. The fourth-order valence-corrected chi connectivity index (χ4v) is 2.95. The van der Waals surface area contributed by atoms with Crippen molar-refractivity contribution < 1.29 is 14.4 Å². The number of nitrogens with one attached hydrogen (secondary N) is 1. The molecular weight excluding hydrogens is 344 g/mol. The van der Waals surface area contributed by atoms with Crippen molar-refractivity contribution in [2.24, 2.45) is 5.16 Å². The number of aromatic nitrogens is 1. The van der Waals surface area contributed by atoms with Gasteiger partial charge in [-0.1, -0.05) is 17.3 Å². The van der Waals surface area contributed by atoms with Gasteiger partial charge in [-0.2, -0.15) is 0 Å². The molecule has 2 amide bonds. The molecule has 7 heteroatoms. The molecule has 1 N–H and O–H groups in total. The van der Waals surface area contributed by atoms with Crippen LogP contribution in [0.2, 0.25) is 0 Å². The van der Waals surface area contributed by atoms with Crippen molar-refractivity contribution >= 4 is 11.7 Å². The quantitative estimate of drug-likeness (QED) is 0.815. The number of benzene rings is 1. The van der Waals surface area contributed by atoms with E-state index in [0.29, 0.717) is 26.1 Å². The van der Waals surface area contributed by atoms with Gasteiger partial charge in [0.2, 0.25) is 0 Å². The van der Waals surface area contributed by atoms with Crippen LogP contribution in [0.5, 0.6) is 5.75 Å². The minimum Gasteiger partial charge on any atom is -0.497 e. The van der Waals surface area contributed by atoms with Crippen LogP contribution in [0, 0.1) is 0 Å². The van der Waals surface area contributed by atoms with Gasteiger partial charge in [-0.05, 0) is 36.8 Å². The van der Waals surface area contributed by atoms with Gasteiger partial charge in [0.1, 0.15) is 5.75 Å². The molecule has 7 nitrogen and oxygen atoms in total. The number of ether oxygens (including phenoxy) is 1. The lowest BCUT2D eigenvalue weighted by Crippen LogP contribution is -2.43. The fraction of sp³-hybridized carbons (Fsp3) is 0.350. The zero-order valence-electron chi connectivity index (χ0n) is 15.6. The lowest BCUT2D eigenvalue weighted by molar-refractivity contribution is 0.0590. The topological polar surface area (TPSA) is 76.1 Å². The second-order valence-corrected chi connectivity index (χ2v) is 6.28. The van der Waals surface area contributed by atoms with Crippen LogP contribution >= 0.6 is 0 Å². The molecule has 0 radical (unpaired) electrons. The molecule has 2 aromatic rings. The molecule has 27 heavy (non-hydrogen) atoms. The number of oxime groups is 1. The summed E-state index contributed by atoms with van der Waals surface area (Å²) in [4.78, 5) is 24.0. The van der Waals surface area contributed by atoms with Crippen molar-refractivity contribution in [3.05, 3.63) is 59.9 Å². The Morgan fingerprint density at radius 2 is 2.26 bits per heavy atom. The van der Waals surface area contributed by atoms with E-state index in [9.17, 15) is 4.79 Å². The third kappa shape index (κ3) is 4.97. The number of pyridine rings is 1. The Labute approximate surface area is 159 Å². The predicted octanol–water partition coefficient (Wildman–Crippen LogP) is 2.81. The Morgan fingerprint density at radius 1 is 1.37 bits per heavy atom. The number of hydrogen-bond acceptors (Lipinski definition) is 5. The second-order valence-electron chi connectivity index (χ2n) is 6.28. The highest BCUT2D eigenvalue weighted by atomic mass is 16.6. The Hall–Kier alpha value is -3.09. The summed E-state index contributed by atoms with van der Waals surface area (Å²) in [7, 11) is 1.63. The summed E-state index contributed by atoms with van der Waals surface area (Å²) in [6.45, 7) is 3.37. The number of carbonyl (C=O) groups excluding carboxylic acids is 1. The van der Waals surface area contributed by atoms with E-state index < -0.39 is 0 Å². The Morgan fingerprint density at radius 3 is 3.00 bits per heavy atom. The molecule has 0 saturated carbocycles. The monoisotopic (exact) mass is 368 g/mol. The van der Waals surface area contributed by atoms with E-state index in [1.54, 1.807) is 24.4 Å². The van der Waals surface area contributed by atoms with Crippen LogP contribution in [0.3, 0.4) is 0 Å². The third-order valence-corrected chi connectivity index (χ3v) is 4.27. The van der Waals surface area contributed by atoms with Crippen LogP contribution in [0.1, 0.15) is 24.5 Å². The van der Waals surface area contributed by atoms with E-state index in [4.69, 9.17) is 9.57 Å². The Kier molecular flexibility index (Phi) is 6.25. The predicted molar refractivity (Wildman–Crippen MR) is 103 cm³/mol. The van der Waals surface area contributed by atoms with Crippen molar-refractivity contribution in [3.8, 4) is 5.75 Å². The van der Waals surface area contributed by atoms with E-state index in [0.717, 1.165) is 22.6 Å². The molecule has 0 aliphatic carbocycles. The smallest absolute Gasteiger partial charge is 0.317 e. The van der Waals surface area contributed by atoms with Crippen LogP contribution < -0.4 is 10.1 Å². The molecule has 1 unspecified atom stereocenters. The van der Waals surface area contributed by atoms with Crippen molar-refractivity contribution in [1.82, 2.24) is 15.2 Å². The molecule has 0 saturated heterocycles. The highest BCUT2D eigenvalue weighted by Gasteiger charge is 2.27. The van der Waals surface area contributed by atoms with E-state index in [1.807, 2.05) is 43.3 Å². The number of nitrogens with zero attached hydrogens (tertiary/aromatic N) is 3. The van der Waals surface area contributed by atoms with Crippen molar-refractivity contribution in [2.45, 2.75) is 26.0 Å². The SMILES string of the molecule is CCNC(=O)N(Cc1cccc(OC)c1)CC1CC(c2cccnc2)=NO1. The molecular formula is C20H24N4O3. The molecule has 1 atom stereocenters. The molecule has 1 aliphatic heterocycles. The largest absolute Gasteiger partial charge is 0.497 e. The average Bonchev–Trinajstić information content (AvgIpc) is 3.17. The van der Waals surface area contributed by atoms with Crippen molar-refractivity contribution in [2.75, 3.05) is 20.2 Å². The number of methoxy groups -OCH3 is 1. The molecule has 1 aliphatic rings. The van der Waals surface area contributed by atoms with Gasteiger partial charge in [-0.15, -0.1) is 0 Å². The normalized spacial score (nSPS) is 15.6. The highest BCUT2D eigenvalue weighted by Crippen LogP contribution is 2.19. The molecule has 0 bridgehead atoms. The van der Waals surface area contributed by atoms with Gasteiger partial charge < -0.3 is 19.8 Å². The molecule has 3 rings (SSSR count). The Bertz CT molecular complexity index is 795. The van der Waals surface area contributed by atoms with E-state index in [-0.39, 0.29) is 12.1 Å². The molecule has 0 fully saturated rings. The van der Waals surface area contributed by atoms with Gasteiger partial charge in [0, 0.05) is 37.5 Å². The summed E-state index contributed by atoms with van der Waals surface area (Å²) in [5.74, 6) is 0.766. The zero-order valence-corrected chi connectivity index (χ0v) is 15.6. The highest BCUT2D eigenvalue weighted by molar-refractivity contribution is 6.01. The number of hydrogen-bond donors (Lipinski definition) is 1. The molecule has 0 spiro atoms. The first-order valence-corrected chi connectivity index (χ1v) is 8.98. The van der Waals surface area contributed by atoms with Gasteiger partial charge >= 0.3 is 6.03 Å². The number of urea groups is 1. The summed E-state index contributed by atoms with van der Waals surface area (Å²) in [5, 5.41) is 7.04. The molecule has 1 aromatic heterocycles. The van der Waals surface area contributed by atoms with Crippen LogP contribution in [-0.2, 0) is 11.4 Å². The first-order chi connectivity index (χ1) is 13.2. The minimum atomic E-state index is -0.187.